The van der Waals surface area contributed by atoms with Gasteiger partial charge in [0.25, 0.3) is 0 Å². The molecule has 0 saturated heterocycles. The van der Waals surface area contributed by atoms with Crippen LogP contribution in [0.3, 0.4) is 0 Å². The number of aliphatic hydroxyl groups excluding tert-OH is 1. The highest BCUT2D eigenvalue weighted by molar-refractivity contribution is 6.06. The number of carbonyl (C=O) groups is 1. The summed E-state index contributed by atoms with van der Waals surface area (Å²) in [5.74, 6) is -0.0383. The number of hydrogen-bond donors (Lipinski definition) is 1. The summed E-state index contributed by atoms with van der Waals surface area (Å²) in [5.41, 5.74) is 3.19. The molecule has 0 bridgehead atoms. The van der Waals surface area contributed by atoms with Gasteiger partial charge < -0.3 is 5.11 Å². The van der Waals surface area contributed by atoms with Crippen molar-refractivity contribution in [1.29, 1.82) is 0 Å². The van der Waals surface area contributed by atoms with Gasteiger partial charge in [-0.05, 0) is 37.2 Å². The molecule has 16 heavy (non-hydrogen) atoms. The second kappa shape index (κ2) is 2.67. The number of allylic oxidation sites excluding steroid dienone is 2. The van der Waals surface area contributed by atoms with Crippen LogP contribution >= 0.6 is 0 Å². The van der Waals surface area contributed by atoms with Crippen LogP contribution in [0.4, 0.5) is 0 Å². The number of ketones is 1. The first-order chi connectivity index (χ1) is 7.37. The van der Waals surface area contributed by atoms with E-state index < -0.39 is 6.10 Å². The molecule has 0 aromatic rings. The van der Waals surface area contributed by atoms with Crippen LogP contribution in [0.1, 0.15) is 40.0 Å². The lowest BCUT2D eigenvalue weighted by Gasteiger charge is -2.30. The van der Waals surface area contributed by atoms with Crippen molar-refractivity contribution in [2.45, 2.75) is 46.1 Å². The highest BCUT2D eigenvalue weighted by atomic mass is 16.3. The predicted octanol–water partition coefficient (Wildman–Crippen LogP) is 2.38. The number of Topliss-reactive ketones (excluding diaryl/α,β-unsaturated/α-hetero) is 1. The van der Waals surface area contributed by atoms with Gasteiger partial charge in [-0.15, -0.1) is 0 Å². The summed E-state index contributed by atoms with van der Waals surface area (Å²) in [6, 6.07) is 0. The van der Waals surface area contributed by atoms with Crippen LogP contribution in [0.25, 0.3) is 0 Å². The van der Waals surface area contributed by atoms with Crippen LogP contribution in [0.2, 0.25) is 0 Å². The minimum Gasteiger partial charge on any atom is -0.384 e. The third-order valence-corrected chi connectivity index (χ3v) is 4.52. The summed E-state index contributed by atoms with van der Waals surface area (Å²) in [6.45, 7) is 6.41. The van der Waals surface area contributed by atoms with E-state index in [0.717, 1.165) is 24.8 Å². The van der Waals surface area contributed by atoms with E-state index in [1.807, 2.05) is 6.08 Å². The molecule has 2 heteroatoms. The number of aliphatic hydroxyl groups is 1. The molecule has 1 atom stereocenters. The van der Waals surface area contributed by atoms with Crippen LogP contribution in [0, 0.1) is 10.8 Å². The molecule has 3 aliphatic carbocycles. The summed E-state index contributed by atoms with van der Waals surface area (Å²) in [7, 11) is 0. The van der Waals surface area contributed by atoms with Crippen molar-refractivity contribution < 1.29 is 9.90 Å². The van der Waals surface area contributed by atoms with Gasteiger partial charge in [-0.1, -0.05) is 25.5 Å². The fraction of sp³-hybridized carbons (Fsp3) is 0.643. The second-order valence-electron chi connectivity index (χ2n) is 6.25. The van der Waals surface area contributed by atoms with Crippen molar-refractivity contribution in [1.82, 2.24) is 0 Å². The highest BCUT2D eigenvalue weighted by Crippen LogP contribution is 2.61. The van der Waals surface area contributed by atoms with Gasteiger partial charge in [0.05, 0.1) is 0 Å². The van der Waals surface area contributed by atoms with Crippen molar-refractivity contribution in [3.05, 3.63) is 22.8 Å². The first kappa shape index (κ1) is 10.3. The van der Waals surface area contributed by atoms with Crippen molar-refractivity contribution in [3.8, 4) is 0 Å². The number of hydrogen-bond acceptors (Lipinski definition) is 2. The van der Waals surface area contributed by atoms with E-state index in [0.29, 0.717) is 0 Å². The molecule has 3 rings (SSSR count). The molecule has 1 N–H and O–H groups in total. The Labute approximate surface area is 96.0 Å². The maximum Gasteiger partial charge on any atom is 0.192 e. The SMILES string of the molecule is CC1=C2CC(C)(C)C=C2C(=O)C(O)C12CC2. The molecule has 0 radical (unpaired) electrons. The van der Waals surface area contributed by atoms with E-state index in [9.17, 15) is 9.90 Å². The minimum atomic E-state index is -0.781. The lowest BCUT2D eigenvalue weighted by Crippen LogP contribution is -2.37. The summed E-state index contributed by atoms with van der Waals surface area (Å²) in [6.07, 6.45) is 4.17. The molecule has 1 spiro atoms. The van der Waals surface area contributed by atoms with Gasteiger partial charge in [-0.3, -0.25) is 4.79 Å². The van der Waals surface area contributed by atoms with Gasteiger partial charge in [0.2, 0.25) is 0 Å². The zero-order chi connectivity index (χ0) is 11.7. The minimum absolute atomic E-state index is 0.0383. The average Bonchev–Trinajstić information content (AvgIpc) is 2.93. The van der Waals surface area contributed by atoms with Gasteiger partial charge in [-0.25, -0.2) is 0 Å². The second-order valence-corrected chi connectivity index (χ2v) is 6.25. The van der Waals surface area contributed by atoms with E-state index in [1.54, 1.807) is 0 Å². The Bertz CT molecular complexity index is 447. The van der Waals surface area contributed by atoms with Crippen LogP contribution in [-0.4, -0.2) is 17.0 Å². The molecule has 1 unspecified atom stereocenters. The number of rotatable bonds is 0. The maximum absolute atomic E-state index is 12.1. The van der Waals surface area contributed by atoms with Crippen molar-refractivity contribution >= 4 is 5.78 Å². The van der Waals surface area contributed by atoms with Crippen molar-refractivity contribution in [3.63, 3.8) is 0 Å². The average molecular weight is 218 g/mol. The Morgan fingerprint density at radius 2 is 2.00 bits per heavy atom. The highest BCUT2D eigenvalue weighted by Gasteiger charge is 2.58. The van der Waals surface area contributed by atoms with Crippen LogP contribution in [0.5, 0.6) is 0 Å². The monoisotopic (exact) mass is 218 g/mol. The molecule has 1 fully saturated rings. The zero-order valence-corrected chi connectivity index (χ0v) is 10.1. The largest absolute Gasteiger partial charge is 0.384 e. The first-order valence-corrected chi connectivity index (χ1v) is 6.03. The predicted molar refractivity (Wildman–Crippen MR) is 61.9 cm³/mol. The van der Waals surface area contributed by atoms with Gasteiger partial charge in [0.1, 0.15) is 6.10 Å². The Kier molecular flexibility index (Phi) is 1.72. The Morgan fingerprint density at radius 3 is 2.56 bits per heavy atom. The zero-order valence-electron chi connectivity index (χ0n) is 10.1. The third kappa shape index (κ3) is 1.08. The molecule has 0 amide bonds. The van der Waals surface area contributed by atoms with Crippen LogP contribution in [0.15, 0.2) is 22.8 Å². The molecule has 2 nitrogen and oxygen atoms in total. The lowest BCUT2D eigenvalue weighted by molar-refractivity contribution is -0.126. The Hall–Kier alpha value is -0.890. The first-order valence-electron chi connectivity index (χ1n) is 6.03. The van der Waals surface area contributed by atoms with Gasteiger partial charge in [-0.2, -0.15) is 0 Å². The quantitative estimate of drug-likeness (QED) is 0.678. The van der Waals surface area contributed by atoms with Crippen molar-refractivity contribution in [2.24, 2.45) is 10.8 Å². The standard InChI is InChI=1S/C14H18O2/c1-8-9-6-13(2,3)7-10(9)11(15)12(16)14(8)4-5-14/h7,12,16H,4-6H2,1-3H3. The van der Waals surface area contributed by atoms with Gasteiger partial charge in [0, 0.05) is 11.0 Å². The summed E-state index contributed by atoms with van der Waals surface area (Å²) >= 11 is 0. The molecule has 1 saturated carbocycles. The van der Waals surface area contributed by atoms with Gasteiger partial charge in [0.15, 0.2) is 5.78 Å². The number of carbonyl (C=O) groups excluding carboxylic acids is 1. The smallest absolute Gasteiger partial charge is 0.192 e. The van der Waals surface area contributed by atoms with Gasteiger partial charge >= 0.3 is 0 Å². The summed E-state index contributed by atoms with van der Waals surface area (Å²) < 4.78 is 0. The maximum atomic E-state index is 12.1. The fourth-order valence-corrected chi connectivity index (χ4v) is 3.32. The molecule has 86 valence electrons. The molecule has 0 aromatic heterocycles. The molecular weight excluding hydrogens is 200 g/mol. The van der Waals surface area contributed by atoms with Crippen LogP contribution in [-0.2, 0) is 4.79 Å². The lowest BCUT2D eigenvalue weighted by atomic mass is 9.76. The Morgan fingerprint density at radius 1 is 1.38 bits per heavy atom. The fourth-order valence-electron chi connectivity index (χ4n) is 3.32. The molecular formula is C14H18O2. The Balaban J connectivity index is 2.18. The number of fused-ring (bicyclic) bond motifs is 1. The molecule has 0 heterocycles. The van der Waals surface area contributed by atoms with E-state index in [1.165, 1.54) is 11.1 Å². The molecule has 3 aliphatic rings. The molecule has 0 aromatic carbocycles. The van der Waals surface area contributed by atoms with E-state index >= 15 is 0 Å². The normalized spacial score (nSPS) is 34.1. The van der Waals surface area contributed by atoms with E-state index in [4.69, 9.17) is 0 Å². The topological polar surface area (TPSA) is 37.3 Å². The third-order valence-electron chi connectivity index (χ3n) is 4.52. The van der Waals surface area contributed by atoms with Crippen molar-refractivity contribution in [2.75, 3.05) is 0 Å². The summed E-state index contributed by atoms with van der Waals surface area (Å²) in [4.78, 5) is 12.1. The van der Waals surface area contributed by atoms with E-state index in [2.05, 4.69) is 20.8 Å². The molecule has 0 aliphatic heterocycles. The van der Waals surface area contributed by atoms with Crippen LogP contribution < -0.4 is 0 Å². The summed E-state index contributed by atoms with van der Waals surface area (Å²) in [5, 5.41) is 10.1. The van der Waals surface area contributed by atoms with E-state index in [-0.39, 0.29) is 16.6 Å².